The summed E-state index contributed by atoms with van der Waals surface area (Å²) in [5, 5.41) is 8.57. The van der Waals surface area contributed by atoms with Crippen LogP contribution in [-0.4, -0.2) is 39.1 Å². The van der Waals surface area contributed by atoms with Crippen molar-refractivity contribution in [1.29, 1.82) is 0 Å². The zero-order chi connectivity index (χ0) is 19.5. The van der Waals surface area contributed by atoms with E-state index in [1.807, 2.05) is 0 Å². The van der Waals surface area contributed by atoms with Gasteiger partial charge in [0.25, 0.3) is 10.0 Å². The molecule has 0 saturated carbocycles. The molecule has 0 aromatic heterocycles. The van der Waals surface area contributed by atoms with Crippen molar-refractivity contribution in [2.75, 3.05) is 18.0 Å². The second-order valence-corrected chi connectivity index (χ2v) is 7.53. The Morgan fingerprint density at radius 2 is 1.81 bits per heavy atom. The summed E-state index contributed by atoms with van der Waals surface area (Å²) in [6.45, 7) is -0.599. The first kappa shape index (κ1) is 19.5. The highest BCUT2D eigenvalue weighted by molar-refractivity contribution is 7.92. The van der Waals surface area contributed by atoms with Gasteiger partial charge in [0.2, 0.25) is 5.91 Å². The first-order valence-electron chi connectivity index (χ1n) is 7.16. The molecule has 1 amide bonds. The van der Waals surface area contributed by atoms with Crippen molar-refractivity contribution in [3.05, 3.63) is 53.1 Å². The number of carbonyl (C=O) groups excluding carboxylic acids is 1. The Hall–Kier alpha value is -2.78. The summed E-state index contributed by atoms with van der Waals surface area (Å²) < 4.78 is 31.4. The lowest BCUT2D eigenvalue weighted by molar-refractivity contribution is -0.139. The van der Waals surface area contributed by atoms with E-state index in [-0.39, 0.29) is 21.2 Å². The monoisotopic (exact) mass is 398 g/mol. The zero-order valence-corrected chi connectivity index (χ0v) is 15.1. The van der Waals surface area contributed by atoms with Crippen molar-refractivity contribution in [3.8, 4) is 5.75 Å². The smallest absolute Gasteiger partial charge is 0.341 e. The van der Waals surface area contributed by atoms with Crippen molar-refractivity contribution in [1.82, 2.24) is 0 Å². The largest absolute Gasteiger partial charge is 0.480 e. The summed E-state index contributed by atoms with van der Waals surface area (Å²) in [6.07, 6.45) is 0. The van der Waals surface area contributed by atoms with Gasteiger partial charge in [-0.3, -0.25) is 9.10 Å². The molecule has 138 valence electrons. The zero-order valence-electron chi connectivity index (χ0n) is 13.5. The minimum atomic E-state index is -3.93. The highest BCUT2D eigenvalue weighted by Gasteiger charge is 2.23. The van der Waals surface area contributed by atoms with Crippen molar-refractivity contribution in [3.63, 3.8) is 0 Å². The second kappa shape index (κ2) is 7.63. The fourth-order valence-electron chi connectivity index (χ4n) is 2.03. The molecule has 0 heterocycles. The number of rotatable bonds is 7. The minimum absolute atomic E-state index is 0.0372. The standard InChI is InChI=1S/C16H15ClN2O6S/c1-19(11-4-2-10(3-5-11)16(18)22)26(23,24)12-6-7-14(13(17)8-12)25-9-15(20)21/h2-8H,9H2,1H3,(H2,18,22)(H,20,21). The maximum atomic E-state index is 12.7. The number of nitrogens with zero attached hydrogens (tertiary/aromatic N) is 1. The van der Waals surface area contributed by atoms with Crippen LogP contribution in [0.5, 0.6) is 5.75 Å². The number of ether oxygens (including phenoxy) is 1. The molecule has 0 bridgehead atoms. The van der Waals surface area contributed by atoms with E-state index in [2.05, 4.69) is 0 Å². The Bertz CT molecular complexity index is 944. The number of anilines is 1. The van der Waals surface area contributed by atoms with Crippen LogP contribution < -0.4 is 14.8 Å². The lowest BCUT2D eigenvalue weighted by atomic mass is 10.2. The van der Waals surface area contributed by atoms with Crippen LogP contribution in [-0.2, 0) is 14.8 Å². The van der Waals surface area contributed by atoms with Crippen molar-refractivity contribution in [2.24, 2.45) is 5.73 Å². The molecule has 0 aliphatic heterocycles. The van der Waals surface area contributed by atoms with Gasteiger partial charge in [-0.1, -0.05) is 11.6 Å². The van der Waals surface area contributed by atoms with Gasteiger partial charge < -0.3 is 15.6 Å². The van der Waals surface area contributed by atoms with Crippen LogP contribution >= 0.6 is 11.6 Å². The Labute approximate surface area is 154 Å². The molecule has 2 rings (SSSR count). The van der Waals surface area contributed by atoms with E-state index in [0.717, 1.165) is 4.31 Å². The number of aliphatic carboxylic acids is 1. The summed E-state index contributed by atoms with van der Waals surface area (Å²) in [6, 6.07) is 9.43. The molecule has 0 aliphatic carbocycles. The van der Waals surface area contributed by atoms with E-state index in [4.69, 9.17) is 27.2 Å². The Morgan fingerprint density at radius 1 is 1.19 bits per heavy atom. The first-order chi connectivity index (χ1) is 12.1. The molecule has 2 aromatic rings. The number of halogens is 1. The summed E-state index contributed by atoms with van der Waals surface area (Å²) in [7, 11) is -2.59. The van der Waals surface area contributed by atoms with Gasteiger partial charge in [0.15, 0.2) is 6.61 Å². The number of amides is 1. The summed E-state index contributed by atoms with van der Waals surface area (Å²) in [4.78, 5) is 21.5. The van der Waals surface area contributed by atoms with Crippen molar-refractivity contribution >= 4 is 39.2 Å². The minimum Gasteiger partial charge on any atom is -0.480 e. The molecule has 10 heteroatoms. The number of carbonyl (C=O) groups is 2. The molecule has 0 saturated heterocycles. The summed E-state index contributed by atoms with van der Waals surface area (Å²) >= 11 is 5.97. The maximum Gasteiger partial charge on any atom is 0.341 e. The van der Waals surface area contributed by atoms with Crippen LogP contribution in [0.15, 0.2) is 47.4 Å². The van der Waals surface area contributed by atoms with Gasteiger partial charge in [-0.15, -0.1) is 0 Å². The highest BCUT2D eigenvalue weighted by atomic mass is 35.5. The molecule has 0 unspecified atom stereocenters. The molecule has 2 aromatic carbocycles. The van der Waals surface area contributed by atoms with Crippen LogP contribution in [0.25, 0.3) is 0 Å². The van der Waals surface area contributed by atoms with Crippen LogP contribution in [0.2, 0.25) is 5.02 Å². The molecular formula is C16H15ClN2O6S. The fourth-order valence-corrected chi connectivity index (χ4v) is 3.55. The number of benzene rings is 2. The molecule has 26 heavy (non-hydrogen) atoms. The van der Waals surface area contributed by atoms with E-state index in [9.17, 15) is 18.0 Å². The van der Waals surface area contributed by atoms with Crippen molar-refractivity contribution in [2.45, 2.75) is 4.90 Å². The molecule has 0 aliphatic rings. The van der Waals surface area contributed by atoms with Crippen molar-refractivity contribution < 1.29 is 27.9 Å². The van der Waals surface area contributed by atoms with E-state index in [0.29, 0.717) is 5.69 Å². The fraction of sp³-hybridized carbons (Fsp3) is 0.125. The van der Waals surface area contributed by atoms with Crippen LogP contribution in [0.1, 0.15) is 10.4 Å². The van der Waals surface area contributed by atoms with Gasteiger partial charge in [0, 0.05) is 12.6 Å². The number of nitrogens with two attached hydrogens (primary N) is 1. The number of sulfonamides is 1. The van der Waals surface area contributed by atoms with Gasteiger partial charge in [-0.2, -0.15) is 0 Å². The topological polar surface area (TPSA) is 127 Å². The highest BCUT2D eigenvalue weighted by Crippen LogP contribution is 2.30. The normalized spacial score (nSPS) is 11.0. The van der Waals surface area contributed by atoms with Gasteiger partial charge in [-0.25, -0.2) is 13.2 Å². The molecule has 0 spiro atoms. The third-order valence-electron chi connectivity index (χ3n) is 3.43. The molecule has 8 nitrogen and oxygen atoms in total. The number of carboxylic acid groups (broad SMARTS) is 1. The lowest BCUT2D eigenvalue weighted by Crippen LogP contribution is -2.26. The Kier molecular flexibility index (Phi) is 5.73. The van der Waals surface area contributed by atoms with E-state index >= 15 is 0 Å². The molecule has 3 N–H and O–H groups in total. The quantitative estimate of drug-likeness (QED) is 0.731. The SMILES string of the molecule is CN(c1ccc(C(N)=O)cc1)S(=O)(=O)c1ccc(OCC(=O)O)c(Cl)c1. The third kappa shape index (κ3) is 4.24. The predicted molar refractivity (Wildman–Crippen MR) is 95.1 cm³/mol. The summed E-state index contributed by atoms with van der Waals surface area (Å²) in [5.41, 5.74) is 5.73. The van der Waals surface area contributed by atoms with E-state index < -0.39 is 28.5 Å². The molecule has 0 atom stereocenters. The number of hydrogen-bond acceptors (Lipinski definition) is 5. The van der Waals surface area contributed by atoms with E-state index in [1.165, 1.54) is 49.5 Å². The summed E-state index contributed by atoms with van der Waals surface area (Å²) in [5.74, 6) is -1.75. The second-order valence-electron chi connectivity index (χ2n) is 5.16. The molecule has 0 fully saturated rings. The number of carboxylic acids is 1. The average molecular weight is 399 g/mol. The van der Waals surface area contributed by atoms with Crippen LogP contribution in [0.4, 0.5) is 5.69 Å². The van der Waals surface area contributed by atoms with Gasteiger partial charge in [0.1, 0.15) is 5.75 Å². The number of primary amides is 1. The third-order valence-corrected chi connectivity index (χ3v) is 5.51. The maximum absolute atomic E-state index is 12.7. The number of hydrogen-bond donors (Lipinski definition) is 2. The lowest BCUT2D eigenvalue weighted by Gasteiger charge is -2.20. The van der Waals surface area contributed by atoms with E-state index in [1.54, 1.807) is 0 Å². The Morgan fingerprint density at radius 3 is 2.31 bits per heavy atom. The first-order valence-corrected chi connectivity index (χ1v) is 8.97. The van der Waals surface area contributed by atoms with Crippen LogP contribution in [0, 0.1) is 0 Å². The van der Waals surface area contributed by atoms with Gasteiger partial charge >= 0.3 is 5.97 Å². The molecular weight excluding hydrogens is 384 g/mol. The molecule has 0 radical (unpaired) electrons. The predicted octanol–water partition coefficient (Wildman–Crippen LogP) is 1.73. The van der Waals surface area contributed by atoms with Gasteiger partial charge in [-0.05, 0) is 42.5 Å². The Balaban J connectivity index is 2.29. The average Bonchev–Trinajstić information content (AvgIpc) is 2.59. The van der Waals surface area contributed by atoms with Gasteiger partial charge in [0.05, 0.1) is 15.6 Å². The van der Waals surface area contributed by atoms with Crippen LogP contribution in [0.3, 0.4) is 0 Å².